The van der Waals surface area contributed by atoms with Crippen LogP contribution in [0.15, 0.2) is 0 Å². The molecule has 102 valence electrons. The third-order valence-electron chi connectivity index (χ3n) is 3.80. The third-order valence-corrected chi connectivity index (χ3v) is 3.80. The summed E-state index contributed by atoms with van der Waals surface area (Å²) in [5, 5.41) is 12.1. The maximum Gasteiger partial charge on any atom is 0.321 e. The summed E-state index contributed by atoms with van der Waals surface area (Å²) < 4.78 is 5.18. The Labute approximate surface area is 106 Å². The molecule has 0 aromatic carbocycles. The van der Waals surface area contributed by atoms with Gasteiger partial charge in [-0.25, -0.2) is 0 Å². The fourth-order valence-electron chi connectivity index (χ4n) is 2.87. The summed E-state index contributed by atoms with van der Waals surface area (Å²) in [5.74, 6) is -0.832. The fraction of sp³-hybridized carbons (Fsp3) is 0.833. The van der Waals surface area contributed by atoms with Crippen molar-refractivity contribution >= 4 is 11.9 Å². The zero-order valence-electron chi connectivity index (χ0n) is 10.6. The van der Waals surface area contributed by atoms with Crippen LogP contribution in [0.2, 0.25) is 0 Å². The number of aliphatic carboxylic acids is 1. The topological polar surface area (TPSA) is 78.9 Å². The number of hydrogen-bond acceptors (Lipinski definition) is 5. The first kappa shape index (κ1) is 13.3. The van der Waals surface area contributed by atoms with E-state index < -0.39 is 12.0 Å². The highest BCUT2D eigenvalue weighted by atomic mass is 16.5. The molecule has 0 spiro atoms. The van der Waals surface area contributed by atoms with E-state index in [-0.39, 0.29) is 24.7 Å². The van der Waals surface area contributed by atoms with Gasteiger partial charge in [-0.3, -0.25) is 14.5 Å². The maximum atomic E-state index is 11.3. The Morgan fingerprint density at radius 1 is 1.50 bits per heavy atom. The van der Waals surface area contributed by atoms with E-state index in [0.717, 1.165) is 19.4 Å². The fourth-order valence-corrected chi connectivity index (χ4v) is 2.87. The average molecular weight is 256 g/mol. The smallest absolute Gasteiger partial charge is 0.321 e. The summed E-state index contributed by atoms with van der Waals surface area (Å²) in [4.78, 5) is 24.4. The molecule has 18 heavy (non-hydrogen) atoms. The van der Waals surface area contributed by atoms with E-state index >= 15 is 0 Å². The van der Waals surface area contributed by atoms with Gasteiger partial charge < -0.3 is 15.2 Å². The monoisotopic (exact) mass is 256 g/mol. The molecule has 0 aromatic heterocycles. The highest BCUT2D eigenvalue weighted by Gasteiger charge is 2.46. The van der Waals surface area contributed by atoms with Gasteiger partial charge in [0, 0.05) is 31.5 Å². The number of fused-ring (bicyclic) bond motifs is 1. The van der Waals surface area contributed by atoms with E-state index in [1.165, 1.54) is 0 Å². The van der Waals surface area contributed by atoms with E-state index in [0.29, 0.717) is 13.0 Å². The molecule has 0 radical (unpaired) electrons. The maximum absolute atomic E-state index is 11.3. The highest BCUT2D eigenvalue weighted by Crippen LogP contribution is 2.31. The summed E-state index contributed by atoms with van der Waals surface area (Å²) in [6, 6.07) is -0.271. The number of rotatable bonds is 5. The molecule has 2 N–H and O–H groups in total. The molecule has 6 heteroatoms. The van der Waals surface area contributed by atoms with E-state index in [4.69, 9.17) is 9.84 Å². The Bertz CT molecular complexity index is 334. The van der Waals surface area contributed by atoms with Crippen molar-refractivity contribution in [2.75, 3.05) is 19.8 Å². The van der Waals surface area contributed by atoms with Crippen molar-refractivity contribution in [2.45, 2.75) is 38.3 Å². The minimum Gasteiger partial charge on any atom is -0.480 e. The number of nitrogens with zero attached hydrogens (tertiary/aromatic N) is 1. The largest absolute Gasteiger partial charge is 0.480 e. The number of carbonyl (C=O) groups is 2. The quantitative estimate of drug-likeness (QED) is 0.676. The summed E-state index contributed by atoms with van der Waals surface area (Å²) in [5.41, 5.74) is 0. The molecule has 2 rings (SSSR count). The lowest BCUT2D eigenvalue weighted by Crippen LogP contribution is -2.36. The van der Waals surface area contributed by atoms with Crippen molar-refractivity contribution in [1.29, 1.82) is 0 Å². The predicted octanol–water partition coefficient (Wildman–Crippen LogP) is 0.0341. The summed E-state index contributed by atoms with van der Waals surface area (Å²) >= 11 is 0. The minimum absolute atomic E-state index is 0.132. The number of carboxylic acids is 1. The first-order valence-electron chi connectivity index (χ1n) is 6.49. The van der Waals surface area contributed by atoms with Crippen LogP contribution in [0.4, 0.5) is 0 Å². The lowest BCUT2D eigenvalue weighted by molar-refractivity contribution is -0.149. The molecule has 0 bridgehead atoms. The molecule has 2 aliphatic heterocycles. The van der Waals surface area contributed by atoms with Crippen LogP contribution < -0.4 is 5.32 Å². The lowest BCUT2D eigenvalue weighted by atomic mass is 9.97. The molecule has 0 saturated carbocycles. The van der Waals surface area contributed by atoms with E-state index in [9.17, 15) is 9.59 Å². The van der Waals surface area contributed by atoms with Gasteiger partial charge in [0.25, 0.3) is 0 Å². The lowest BCUT2D eigenvalue weighted by Gasteiger charge is -2.22. The van der Waals surface area contributed by atoms with Crippen LogP contribution in [-0.4, -0.2) is 53.8 Å². The van der Waals surface area contributed by atoms with Crippen LogP contribution in [0.3, 0.4) is 0 Å². The molecule has 2 saturated heterocycles. The molecule has 0 amide bonds. The molecule has 2 aliphatic rings. The second kappa shape index (κ2) is 5.67. The number of carbonyl (C=O) groups excluding carboxylic acids is 1. The Hall–Kier alpha value is -1.14. The average Bonchev–Trinajstić information content (AvgIpc) is 2.87. The SMILES string of the molecule is CCCC(=O)OCN1CCC2C(C(=O)O)NCC21. The van der Waals surface area contributed by atoms with Crippen molar-refractivity contribution in [1.82, 2.24) is 10.2 Å². The van der Waals surface area contributed by atoms with E-state index in [1.54, 1.807) is 0 Å². The van der Waals surface area contributed by atoms with Crippen LogP contribution in [0.25, 0.3) is 0 Å². The van der Waals surface area contributed by atoms with Crippen LogP contribution >= 0.6 is 0 Å². The van der Waals surface area contributed by atoms with Gasteiger partial charge in [0.2, 0.25) is 0 Å². The Kier molecular flexibility index (Phi) is 4.19. The molecule has 6 nitrogen and oxygen atoms in total. The van der Waals surface area contributed by atoms with Gasteiger partial charge in [-0.05, 0) is 12.8 Å². The van der Waals surface area contributed by atoms with Gasteiger partial charge in [0.1, 0.15) is 12.8 Å². The van der Waals surface area contributed by atoms with Crippen molar-refractivity contribution < 1.29 is 19.4 Å². The molecular formula is C12H20N2O4. The first-order valence-corrected chi connectivity index (χ1v) is 6.49. The first-order chi connectivity index (χ1) is 8.63. The number of esters is 1. The number of hydrogen-bond donors (Lipinski definition) is 2. The van der Waals surface area contributed by atoms with Gasteiger partial charge >= 0.3 is 11.9 Å². The Morgan fingerprint density at radius 2 is 2.28 bits per heavy atom. The Balaban J connectivity index is 1.83. The van der Waals surface area contributed by atoms with Crippen LogP contribution in [0.5, 0.6) is 0 Å². The van der Waals surface area contributed by atoms with Crippen molar-refractivity contribution in [2.24, 2.45) is 5.92 Å². The second-order valence-electron chi connectivity index (χ2n) is 4.95. The molecular weight excluding hydrogens is 236 g/mol. The van der Waals surface area contributed by atoms with Gasteiger partial charge in [-0.2, -0.15) is 0 Å². The van der Waals surface area contributed by atoms with Crippen molar-refractivity contribution in [3.63, 3.8) is 0 Å². The number of ether oxygens (including phenoxy) is 1. The van der Waals surface area contributed by atoms with Gasteiger partial charge in [-0.15, -0.1) is 0 Å². The zero-order valence-corrected chi connectivity index (χ0v) is 10.6. The minimum atomic E-state index is -0.785. The number of nitrogens with one attached hydrogen (secondary N) is 1. The van der Waals surface area contributed by atoms with Crippen LogP contribution in [0.1, 0.15) is 26.2 Å². The molecule has 0 aromatic rings. The number of carboxylic acid groups (broad SMARTS) is 1. The molecule has 0 aliphatic carbocycles. The summed E-state index contributed by atoms with van der Waals surface area (Å²) in [7, 11) is 0. The van der Waals surface area contributed by atoms with Crippen LogP contribution in [0, 0.1) is 5.92 Å². The standard InChI is InChI=1S/C12H20N2O4/c1-2-3-10(15)18-7-14-5-4-8-9(14)6-13-11(8)12(16)17/h8-9,11,13H,2-7H2,1H3,(H,16,17). The summed E-state index contributed by atoms with van der Waals surface area (Å²) in [6.07, 6.45) is 2.07. The summed E-state index contributed by atoms with van der Waals surface area (Å²) in [6.45, 7) is 3.69. The van der Waals surface area contributed by atoms with Gasteiger partial charge in [0.05, 0.1) is 0 Å². The van der Waals surface area contributed by atoms with Gasteiger partial charge in [0.15, 0.2) is 0 Å². The Morgan fingerprint density at radius 3 is 2.94 bits per heavy atom. The van der Waals surface area contributed by atoms with Crippen molar-refractivity contribution in [3.05, 3.63) is 0 Å². The van der Waals surface area contributed by atoms with Crippen molar-refractivity contribution in [3.8, 4) is 0 Å². The predicted molar refractivity (Wildman–Crippen MR) is 63.9 cm³/mol. The van der Waals surface area contributed by atoms with E-state index in [1.807, 2.05) is 6.92 Å². The van der Waals surface area contributed by atoms with Crippen LogP contribution in [-0.2, 0) is 14.3 Å². The third kappa shape index (κ3) is 2.64. The number of likely N-dealkylation sites (tertiary alicyclic amines) is 1. The highest BCUT2D eigenvalue weighted by molar-refractivity contribution is 5.74. The van der Waals surface area contributed by atoms with Gasteiger partial charge in [-0.1, -0.05) is 6.92 Å². The second-order valence-corrected chi connectivity index (χ2v) is 4.95. The molecule has 2 fully saturated rings. The molecule has 3 atom stereocenters. The van der Waals surface area contributed by atoms with E-state index in [2.05, 4.69) is 10.2 Å². The zero-order chi connectivity index (χ0) is 13.1. The molecule has 3 unspecified atom stereocenters. The normalized spacial score (nSPS) is 31.3. The molecule has 2 heterocycles.